The molecule has 0 radical (unpaired) electrons. The summed E-state index contributed by atoms with van der Waals surface area (Å²) in [6.45, 7) is 8.49. The number of hydrogen-bond acceptors (Lipinski definition) is 2. The highest BCUT2D eigenvalue weighted by Gasteiger charge is 2.25. The number of halogens is 1. The summed E-state index contributed by atoms with van der Waals surface area (Å²) < 4.78 is 0. The van der Waals surface area contributed by atoms with Gasteiger partial charge in [0.1, 0.15) is 0 Å². The maximum Gasteiger partial charge on any atom is 0.0766 e. The lowest BCUT2D eigenvalue weighted by Gasteiger charge is -2.30. The second kappa shape index (κ2) is 5.85. The van der Waals surface area contributed by atoms with Crippen LogP contribution in [0.4, 0.5) is 0 Å². The second-order valence-corrected chi connectivity index (χ2v) is 5.54. The molecule has 0 heterocycles. The Morgan fingerprint density at radius 2 is 1.88 bits per heavy atom. The minimum Gasteiger partial charge on any atom is -0.389 e. The van der Waals surface area contributed by atoms with Crippen molar-refractivity contribution in [3.8, 4) is 0 Å². The molecule has 96 valence electrons. The van der Waals surface area contributed by atoms with E-state index in [2.05, 4.69) is 12.2 Å². The van der Waals surface area contributed by atoms with Gasteiger partial charge >= 0.3 is 0 Å². The molecule has 0 aliphatic carbocycles. The summed E-state index contributed by atoms with van der Waals surface area (Å²) in [5.74, 6) is 0.216. The molecule has 1 aromatic rings. The first-order valence-corrected chi connectivity index (χ1v) is 6.42. The predicted octanol–water partition coefficient (Wildman–Crippen LogP) is 3.40. The minimum atomic E-state index is -0.699. The van der Waals surface area contributed by atoms with Gasteiger partial charge in [-0.05, 0) is 31.4 Å². The van der Waals surface area contributed by atoms with Gasteiger partial charge in [0.25, 0.3) is 0 Å². The van der Waals surface area contributed by atoms with Gasteiger partial charge in [0.05, 0.1) is 5.60 Å². The zero-order valence-corrected chi connectivity index (χ0v) is 11.8. The van der Waals surface area contributed by atoms with Crippen molar-refractivity contribution < 1.29 is 5.11 Å². The first-order valence-electron chi connectivity index (χ1n) is 6.05. The third-order valence-corrected chi connectivity index (χ3v) is 3.73. The lowest BCUT2D eigenvalue weighted by Crippen LogP contribution is -2.43. The van der Waals surface area contributed by atoms with Crippen LogP contribution in [0.5, 0.6) is 0 Å². The van der Waals surface area contributed by atoms with E-state index >= 15 is 0 Å². The summed E-state index contributed by atoms with van der Waals surface area (Å²) >= 11 is 6.13. The van der Waals surface area contributed by atoms with E-state index in [-0.39, 0.29) is 12.0 Å². The van der Waals surface area contributed by atoms with E-state index in [1.54, 1.807) is 0 Å². The number of rotatable bonds is 5. The van der Waals surface area contributed by atoms with E-state index in [1.165, 1.54) is 0 Å². The third kappa shape index (κ3) is 3.98. The quantitative estimate of drug-likeness (QED) is 0.845. The Morgan fingerprint density at radius 3 is 2.41 bits per heavy atom. The molecule has 0 saturated heterocycles. The number of benzene rings is 1. The van der Waals surface area contributed by atoms with Crippen LogP contribution < -0.4 is 5.32 Å². The standard InChI is InChI=1S/C14H22ClNO/c1-10(2)14(4,17)9-16-11(3)12-7-5-6-8-13(12)15/h5-8,10-11,16-17H,9H2,1-4H3/t11-,14?/m0/s1. The average Bonchev–Trinajstić information content (AvgIpc) is 2.26. The Labute approximate surface area is 109 Å². The van der Waals surface area contributed by atoms with Crippen molar-refractivity contribution in [3.63, 3.8) is 0 Å². The molecule has 3 heteroatoms. The first kappa shape index (κ1) is 14.5. The van der Waals surface area contributed by atoms with Crippen molar-refractivity contribution in [1.29, 1.82) is 0 Å². The van der Waals surface area contributed by atoms with E-state index in [0.29, 0.717) is 6.54 Å². The zero-order valence-electron chi connectivity index (χ0n) is 11.0. The molecular formula is C14H22ClNO. The van der Waals surface area contributed by atoms with Crippen LogP contribution in [0, 0.1) is 5.92 Å². The summed E-state index contributed by atoms with van der Waals surface area (Å²) in [4.78, 5) is 0. The van der Waals surface area contributed by atoms with Gasteiger partial charge in [0.2, 0.25) is 0 Å². The van der Waals surface area contributed by atoms with E-state index in [9.17, 15) is 5.11 Å². The van der Waals surface area contributed by atoms with Crippen molar-refractivity contribution in [3.05, 3.63) is 34.9 Å². The molecule has 0 bridgehead atoms. The zero-order chi connectivity index (χ0) is 13.1. The largest absolute Gasteiger partial charge is 0.389 e. The first-order chi connectivity index (χ1) is 7.84. The highest BCUT2D eigenvalue weighted by molar-refractivity contribution is 6.31. The van der Waals surface area contributed by atoms with Crippen LogP contribution in [-0.4, -0.2) is 17.3 Å². The molecule has 0 aromatic heterocycles. The summed E-state index contributed by atoms with van der Waals surface area (Å²) in [5.41, 5.74) is 0.365. The Balaban J connectivity index is 2.62. The molecule has 0 fully saturated rings. The average molecular weight is 256 g/mol. The maximum atomic E-state index is 10.2. The predicted molar refractivity (Wildman–Crippen MR) is 73.3 cm³/mol. The molecule has 0 aliphatic heterocycles. The highest BCUT2D eigenvalue weighted by Crippen LogP contribution is 2.23. The number of hydrogen-bond donors (Lipinski definition) is 2. The lowest BCUT2D eigenvalue weighted by atomic mass is 9.92. The SMILES string of the molecule is CC(C)C(C)(O)CN[C@@H](C)c1ccccc1Cl. The molecule has 0 saturated carbocycles. The Hall–Kier alpha value is -0.570. The molecule has 1 aromatic carbocycles. The van der Waals surface area contributed by atoms with Crippen molar-refractivity contribution in [2.75, 3.05) is 6.54 Å². The molecule has 0 amide bonds. The summed E-state index contributed by atoms with van der Waals surface area (Å²) in [6, 6.07) is 7.91. The van der Waals surface area contributed by atoms with Gasteiger partial charge < -0.3 is 10.4 Å². The monoisotopic (exact) mass is 255 g/mol. The van der Waals surface area contributed by atoms with Crippen molar-refractivity contribution >= 4 is 11.6 Å². The molecule has 2 N–H and O–H groups in total. The van der Waals surface area contributed by atoms with Gasteiger partial charge in [-0.15, -0.1) is 0 Å². The van der Waals surface area contributed by atoms with Gasteiger partial charge in [0, 0.05) is 17.6 Å². The second-order valence-electron chi connectivity index (χ2n) is 5.14. The Morgan fingerprint density at radius 1 is 1.29 bits per heavy atom. The summed E-state index contributed by atoms with van der Waals surface area (Å²) in [5, 5.41) is 14.2. The van der Waals surface area contributed by atoms with Crippen LogP contribution in [0.3, 0.4) is 0 Å². The molecule has 2 atom stereocenters. The van der Waals surface area contributed by atoms with E-state index in [1.807, 2.05) is 45.0 Å². The smallest absolute Gasteiger partial charge is 0.0766 e. The molecular weight excluding hydrogens is 234 g/mol. The fourth-order valence-electron chi connectivity index (χ4n) is 1.50. The fraction of sp³-hybridized carbons (Fsp3) is 0.571. The Bertz CT molecular complexity index is 363. The van der Waals surface area contributed by atoms with Gasteiger partial charge in [-0.2, -0.15) is 0 Å². The normalized spacial score (nSPS) is 16.9. The van der Waals surface area contributed by atoms with Crippen molar-refractivity contribution in [2.24, 2.45) is 5.92 Å². The van der Waals surface area contributed by atoms with Crippen LogP contribution >= 0.6 is 11.6 Å². The summed E-state index contributed by atoms with van der Waals surface area (Å²) in [6.07, 6.45) is 0. The van der Waals surface area contributed by atoms with Gasteiger partial charge in [-0.1, -0.05) is 43.6 Å². The Kier molecular flexibility index (Phi) is 4.99. The highest BCUT2D eigenvalue weighted by atomic mass is 35.5. The minimum absolute atomic E-state index is 0.133. The lowest BCUT2D eigenvalue weighted by molar-refractivity contribution is 0.0122. The van der Waals surface area contributed by atoms with Crippen LogP contribution in [0.25, 0.3) is 0 Å². The van der Waals surface area contributed by atoms with Crippen LogP contribution in [0.2, 0.25) is 5.02 Å². The fourth-order valence-corrected chi connectivity index (χ4v) is 1.80. The third-order valence-electron chi connectivity index (χ3n) is 3.38. The maximum absolute atomic E-state index is 10.2. The van der Waals surface area contributed by atoms with Gasteiger partial charge in [0.15, 0.2) is 0 Å². The van der Waals surface area contributed by atoms with Crippen LogP contribution in [0.15, 0.2) is 24.3 Å². The topological polar surface area (TPSA) is 32.3 Å². The van der Waals surface area contributed by atoms with Gasteiger partial charge in [-0.3, -0.25) is 0 Å². The number of nitrogens with one attached hydrogen (secondary N) is 1. The molecule has 1 unspecified atom stereocenters. The molecule has 1 rings (SSSR count). The molecule has 0 spiro atoms. The van der Waals surface area contributed by atoms with Crippen molar-refractivity contribution in [2.45, 2.75) is 39.3 Å². The van der Waals surface area contributed by atoms with E-state index in [0.717, 1.165) is 10.6 Å². The summed E-state index contributed by atoms with van der Waals surface area (Å²) in [7, 11) is 0. The molecule has 17 heavy (non-hydrogen) atoms. The van der Waals surface area contributed by atoms with Crippen molar-refractivity contribution in [1.82, 2.24) is 5.32 Å². The van der Waals surface area contributed by atoms with Crippen LogP contribution in [0.1, 0.15) is 39.3 Å². The van der Waals surface area contributed by atoms with E-state index < -0.39 is 5.60 Å². The number of aliphatic hydroxyl groups is 1. The molecule has 0 aliphatic rings. The van der Waals surface area contributed by atoms with E-state index in [4.69, 9.17) is 11.6 Å². The molecule has 2 nitrogen and oxygen atoms in total. The van der Waals surface area contributed by atoms with Crippen LogP contribution in [-0.2, 0) is 0 Å². The van der Waals surface area contributed by atoms with Gasteiger partial charge in [-0.25, -0.2) is 0 Å².